The van der Waals surface area contributed by atoms with E-state index in [2.05, 4.69) is 12.2 Å². The Kier molecular flexibility index (Phi) is 4.02. The number of nitrogens with one attached hydrogen (secondary N) is 1. The van der Waals surface area contributed by atoms with Gasteiger partial charge >= 0.3 is 0 Å². The van der Waals surface area contributed by atoms with Crippen LogP contribution in [0.3, 0.4) is 0 Å². The molecule has 0 radical (unpaired) electrons. The van der Waals surface area contributed by atoms with Crippen molar-refractivity contribution < 1.29 is 5.11 Å². The molecule has 0 heterocycles. The third-order valence-corrected chi connectivity index (χ3v) is 2.69. The molecule has 0 aromatic rings. The van der Waals surface area contributed by atoms with Crippen molar-refractivity contribution in [2.24, 2.45) is 5.92 Å². The minimum atomic E-state index is -0.156. The van der Waals surface area contributed by atoms with Crippen molar-refractivity contribution in [1.82, 2.24) is 5.32 Å². The lowest BCUT2D eigenvalue weighted by Crippen LogP contribution is -2.28. The highest BCUT2D eigenvalue weighted by molar-refractivity contribution is 4.78. The molecule has 1 aliphatic rings. The average Bonchev–Trinajstić information content (AvgIpc) is 2.35. The lowest BCUT2D eigenvalue weighted by molar-refractivity contribution is 0.182. The number of rotatable bonds is 4. The van der Waals surface area contributed by atoms with Crippen LogP contribution in [-0.4, -0.2) is 23.8 Å². The van der Waals surface area contributed by atoms with E-state index in [-0.39, 0.29) is 6.10 Å². The van der Waals surface area contributed by atoms with Crippen LogP contribution in [0.2, 0.25) is 0 Å². The van der Waals surface area contributed by atoms with Gasteiger partial charge in [-0.3, -0.25) is 0 Å². The lowest BCUT2D eigenvalue weighted by Gasteiger charge is -2.12. The molecule has 3 atom stereocenters. The molecule has 0 spiro atoms. The van der Waals surface area contributed by atoms with Crippen LogP contribution >= 0.6 is 0 Å². The van der Waals surface area contributed by atoms with Gasteiger partial charge in [0.1, 0.15) is 0 Å². The highest BCUT2D eigenvalue weighted by Crippen LogP contribution is 2.24. The summed E-state index contributed by atoms with van der Waals surface area (Å²) >= 11 is 0. The Bertz CT molecular complexity index is 125. The highest BCUT2D eigenvalue weighted by atomic mass is 16.3. The van der Waals surface area contributed by atoms with Gasteiger partial charge in [-0.1, -0.05) is 6.92 Å². The van der Waals surface area contributed by atoms with Crippen molar-refractivity contribution in [2.75, 3.05) is 6.54 Å². The SMILES string of the molecule is C[C@H]1CC[C@H](NCC[C@@H](C)O)C1. The topological polar surface area (TPSA) is 32.3 Å². The maximum atomic E-state index is 9.04. The Hall–Kier alpha value is -0.0800. The van der Waals surface area contributed by atoms with Crippen LogP contribution in [-0.2, 0) is 0 Å². The second-order valence-corrected chi connectivity index (χ2v) is 4.21. The molecule has 2 N–H and O–H groups in total. The van der Waals surface area contributed by atoms with Gasteiger partial charge < -0.3 is 10.4 Å². The molecule has 0 amide bonds. The summed E-state index contributed by atoms with van der Waals surface area (Å²) in [6.45, 7) is 5.13. The zero-order valence-electron chi connectivity index (χ0n) is 8.21. The Labute approximate surface area is 75.4 Å². The fourth-order valence-corrected chi connectivity index (χ4v) is 1.89. The van der Waals surface area contributed by atoms with Gasteiger partial charge in [-0.25, -0.2) is 0 Å². The molecular formula is C10H21NO. The van der Waals surface area contributed by atoms with E-state index >= 15 is 0 Å². The lowest BCUT2D eigenvalue weighted by atomic mass is 10.1. The molecule has 0 unspecified atom stereocenters. The molecule has 12 heavy (non-hydrogen) atoms. The molecule has 0 aromatic carbocycles. The number of hydrogen-bond acceptors (Lipinski definition) is 2. The van der Waals surface area contributed by atoms with Gasteiger partial charge in [0.2, 0.25) is 0 Å². The minimum absolute atomic E-state index is 0.156. The third kappa shape index (κ3) is 3.55. The van der Waals surface area contributed by atoms with Crippen LogP contribution in [0, 0.1) is 5.92 Å². The van der Waals surface area contributed by atoms with Crippen LogP contribution in [0.5, 0.6) is 0 Å². The minimum Gasteiger partial charge on any atom is -0.393 e. The van der Waals surface area contributed by atoms with Crippen molar-refractivity contribution in [3.8, 4) is 0 Å². The smallest absolute Gasteiger partial charge is 0.0524 e. The second-order valence-electron chi connectivity index (χ2n) is 4.21. The summed E-state index contributed by atoms with van der Waals surface area (Å²) in [6.07, 6.45) is 4.73. The van der Waals surface area contributed by atoms with Crippen LogP contribution in [0.1, 0.15) is 39.5 Å². The van der Waals surface area contributed by atoms with E-state index in [0.717, 1.165) is 24.9 Å². The molecule has 0 bridgehead atoms. The Morgan fingerprint density at radius 3 is 2.75 bits per heavy atom. The molecule has 1 aliphatic carbocycles. The van der Waals surface area contributed by atoms with Crippen LogP contribution in [0.15, 0.2) is 0 Å². The predicted octanol–water partition coefficient (Wildman–Crippen LogP) is 1.54. The first-order valence-electron chi connectivity index (χ1n) is 5.10. The summed E-state index contributed by atoms with van der Waals surface area (Å²) in [4.78, 5) is 0. The quantitative estimate of drug-likeness (QED) is 0.672. The molecule has 2 nitrogen and oxygen atoms in total. The molecule has 1 saturated carbocycles. The third-order valence-electron chi connectivity index (χ3n) is 2.69. The normalized spacial score (nSPS) is 32.2. The first-order chi connectivity index (χ1) is 5.68. The van der Waals surface area contributed by atoms with Gasteiger partial charge in [0.05, 0.1) is 6.10 Å². The van der Waals surface area contributed by atoms with E-state index in [0.29, 0.717) is 0 Å². The molecule has 0 saturated heterocycles. The number of aliphatic hydroxyl groups excluding tert-OH is 1. The number of hydrogen-bond donors (Lipinski definition) is 2. The van der Waals surface area contributed by atoms with E-state index in [1.54, 1.807) is 0 Å². The van der Waals surface area contributed by atoms with Gasteiger partial charge in [0, 0.05) is 6.04 Å². The van der Waals surface area contributed by atoms with Gasteiger partial charge in [-0.05, 0) is 45.1 Å². The zero-order valence-corrected chi connectivity index (χ0v) is 8.21. The summed E-state index contributed by atoms with van der Waals surface area (Å²) in [5.74, 6) is 0.897. The fourth-order valence-electron chi connectivity index (χ4n) is 1.89. The second kappa shape index (κ2) is 4.83. The van der Waals surface area contributed by atoms with Crippen molar-refractivity contribution in [3.05, 3.63) is 0 Å². The largest absolute Gasteiger partial charge is 0.393 e. The first kappa shape index (κ1) is 10.0. The van der Waals surface area contributed by atoms with Gasteiger partial charge in [-0.15, -0.1) is 0 Å². The Morgan fingerprint density at radius 1 is 1.50 bits per heavy atom. The van der Waals surface area contributed by atoms with Gasteiger partial charge in [-0.2, -0.15) is 0 Å². The van der Waals surface area contributed by atoms with Gasteiger partial charge in [0.15, 0.2) is 0 Å². The standard InChI is InChI=1S/C10H21NO/c1-8-3-4-10(7-8)11-6-5-9(2)12/h8-12H,3-7H2,1-2H3/t8-,9+,10-/m0/s1. The highest BCUT2D eigenvalue weighted by Gasteiger charge is 2.20. The van der Waals surface area contributed by atoms with E-state index in [1.807, 2.05) is 6.92 Å². The molecule has 2 heteroatoms. The molecule has 72 valence electrons. The maximum absolute atomic E-state index is 9.04. The van der Waals surface area contributed by atoms with E-state index in [9.17, 15) is 0 Å². The van der Waals surface area contributed by atoms with E-state index < -0.39 is 0 Å². The summed E-state index contributed by atoms with van der Waals surface area (Å²) in [6, 6.07) is 0.721. The van der Waals surface area contributed by atoms with Crippen LogP contribution in [0.4, 0.5) is 0 Å². The van der Waals surface area contributed by atoms with Crippen molar-refractivity contribution in [3.63, 3.8) is 0 Å². The summed E-state index contributed by atoms with van der Waals surface area (Å²) < 4.78 is 0. The summed E-state index contributed by atoms with van der Waals surface area (Å²) in [7, 11) is 0. The van der Waals surface area contributed by atoms with Crippen LogP contribution < -0.4 is 5.32 Å². The fraction of sp³-hybridized carbons (Fsp3) is 1.00. The monoisotopic (exact) mass is 171 g/mol. The first-order valence-corrected chi connectivity index (χ1v) is 5.10. The van der Waals surface area contributed by atoms with Crippen LogP contribution in [0.25, 0.3) is 0 Å². The number of aliphatic hydroxyl groups is 1. The molecule has 1 rings (SSSR count). The zero-order chi connectivity index (χ0) is 8.97. The molecule has 0 aliphatic heterocycles. The van der Waals surface area contributed by atoms with E-state index in [4.69, 9.17) is 5.11 Å². The summed E-state index contributed by atoms with van der Waals surface area (Å²) in [5, 5.41) is 12.5. The van der Waals surface area contributed by atoms with E-state index in [1.165, 1.54) is 19.3 Å². The summed E-state index contributed by atoms with van der Waals surface area (Å²) in [5.41, 5.74) is 0. The average molecular weight is 171 g/mol. The maximum Gasteiger partial charge on any atom is 0.0524 e. The predicted molar refractivity (Wildman–Crippen MR) is 51.1 cm³/mol. The molecule has 0 aromatic heterocycles. The van der Waals surface area contributed by atoms with Crippen molar-refractivity contribution in [1.29, 1.82) is 0 Å². The molecule has 1 fully saturated rings. The van der Waals surface area contributed by atoms with Crippen molar-refractivity contribution in [2.45, 2.75) is 51.7 Å². The Balaban J connectivity index is 2.00. The van der Waals surface area contributed by atoms with Crippen molar-refractivity contribution >= 4 is 0 Å². The van der Waals surface area contributed by atoms with Gasteiger partial charge in [0.25, 0.3) is 0 Å². The molecular weight excluding hydrogens is 150 g/mol. The Morgan fingerprint density at radius 2 is 2.25 bits per heavy atom.